The van der Waals surface area contributed by atoms with Crippen LogP contribution in [0.1, 0.15) is 32.6 Å². The lowest BCUT2D eigenvalue weighted by Gasteiger charge is -2.16. The number of benzene rings is 1. The molecule has 1 fully saturated rings. The van der Waals surface area contributed by atoms with Crippen molar-refractivity contribution in [2.24, 2.45) is 0 Å². The summed E-state index contributed by atoms with van der Waals surface area (Å²) in [5.41, 5.74) is 0.547. The number of nitrogens with one attached hydrogen (secondary N) is 2. The first-order valence-corrected chi connectivity index (χ1v) is 10.5. The third-order valence-electron chi connectivity index (χ3n) is 3.93. The molecular weight excluding hydrogens is 390 g/mol. The van der Waals surface area contributed by atoms with Crippen LogP contribution in [-0.2, 0) is 24.3 Å². The van der Waals surface area contributed by atoms with Crippen LogP contribution in [0.15, 0.2) is 29.2 Å². The summed E-state index contributed by atoms with van der Waals surface area (Å²) >= 11 is 5.05. The SMILES string of the molecule is CCOC(=O)CCC(=O)NC(=S)Nc1ccc(S(=O)(=O)N2CCCC2)cc1. The van der Waals surface area contributed by atoms with Crippen LogP contribution in [0.25, 0.3) is 0 Å². The standard InChI is InChI=1S/C17H23N3O5S2/c1-2-25-16(22)10-9-15(21)19-17(26)18-13-5-7-14(8-6-13)27(23,24)20-11-3-4-12-20/h5-8H,2-4,9-12H2,1H3,(H2,18,19,21,26). The number of sulfonamides is 1. The number of carbonyl (C=O) groups excluding carboxylic acids is 2. The highest BCUT2D eigenvalue weighted by atomic mass is 32.2. The van der Waals surface area contributed by atoms with Crippen molar-refractivity contribution in [2.45, 2.75) is 37.5 Å². The summed E-state index contributed by atoms with van der Waals surface area (Å²) < 4.78 is 31.2. The molecule has 0 saturated carbocycles. The van der Waals surface area contributed by atoms with E-state index < -0.39 is 21.9 Å². The molecular formula is C17H23N3O5S2. The lowest BCUT2D eigenvalue weighted by atomic mass is 10.3. The maximum absolute atomic E-state index is 12.5. The number of amides is 1. The van der Waals surface area contributed by atoms with Gasteiger partial charge in [-0.3, -0.25) is 9.59 Å². The Bertz CT molecular complexity index is 787. The van der Waals surface area contributed by atoms with E-state index in [9.17, 15) is 18.0 Å². The zero-order valence-corrected chi connectivity index (χ0v) is 16.7. The highest BCUT2D eigenvalue weighted by molar-refractivity contribution is 7.89. The predicted molar refractivity (Wildman–Crippen MR) is 105 cm³/mol. The average molecular weight is 414 g/mol. The number of esters is 1. The Labute approximate surface area is 164 Å². The Hall–Kier alpha value is -2.04. The van der Waals surface area contributed by atoms with Gasteiger partial charge in [0.2, 0.25) is 15.9 Å². The van der Waals surface area contributed by atoms with Gasteiger partial charge in [-0.25, -0.2) is 8.42 Å². The zero-order valence-electron chi connectivity index (χ0n) is 15.1. The number of nitrogens with zero attached hydrogens (tertiary/aromatic N) is 1. The quantitative estimate of drug-likeness (QED) is 0.517. The van der Waals surface area contributed by atoms with E-state index in [1.165, 1.54) is 16.4 Å². The lowest BCUT2D eigenvalue weighted by molar-refractivity contribution is -0.144. The van der Waals surface area contributed by atoms with E-state index in [0.29, 0.717) is 18.8 Å². The molecule has 1 aromatic carbocycles. The molecule has 27 heavy (non-hydrogen) atoms. The van der Waals surface area contributed by atoms with Crippen molar-refractivity contribution in [3.63, 3.8) is 0 Å². The van der Waals surface area contributed by atoms with E-state index in [4.69, 9.17) is 17.0 Å². The smallest absolute Gasteiger partial charge is 0.306 e. The molecule has 0 spiro atoms. The zero-order chi connectivity index (χ0) is 19.9. The van der Waals surface area contributed by atoms with Crippen molar-refractivity contribution in [3.05, 3.63) is 24.3 Å². The highest BCUT2D eigenvalue weighted by Crippen LogP contribution is 2.22. The molecule has 0 bridgehead atoms. The van der Waals surface area contributed by atoms with Gasteiger partial charge in [0.1, 0.15) is 0 Å². The van der Waals surface area contributed by atoms with Crippen LogP contribution in [0.5, 0.6) is 0 Å². The van der Waals surface area contributed by atoms with Gasteiger partial charge in [-0.15, -0.1) is 0 Å². The summed E-state index contributed by atoms with van der Waals surface area (Å²) in [4.78, 5) is 23.2. The van der Waals surface area contributed by atoms with Gasteiger partial charge in [0.15, 0.2) is 5.11 Å². The van der Waals surface area contributed by atoms with E-state index in [-0.39, 0.29) is 29.5 Å². The number of rotatable bonds is 7. The summed E-state index contributed by atoms with van der Waals surface area (Å²) in [6, 6.07) is 6.17. The summed E-state index contributed by atoms with van der Waals surface area (Å²) in [5, 5.41) is 5.34. The second-order valence-corrected chi connectivity index (χ2v) is 8.29. The molecule has 1 aliphatic heterocycles. The van der Waals surface area contributed by atoms with Gasteiger partial charge in [0.05, 0.1) is 17.9 Å². The summed E-state index contributed by atoms with van der Waals surface area (Å²) in [6.07, 6.45) is 1.70. The molecule has 1 saturated heterocycles. The van der Waals surface area contributed by atoms with Crippen LogP contribution in [0, 0.1) is 0 Å². The predicted octanol–water partition coefficient (Wildman–Crippen LogP) is 1.63. The van der Waals surface area contributed by atoms with Gasteiger partial charge in [0, 0.05) is 25.2 Å². The minimum Gasteiger partial charge on any atom is -0.466 e. The first kappa shape index (κ1) is 21.3. The molecule has 1 aliphatic rings. The highest BCUT2D eigenvalue weighted by Gasteiger charge is 2.26. The van der Waals surface area contributed by atoms with Crippen molar-refractivity contribution < 1.29 is 22.7 Å². The van der Waals surface area contributed by atoms with Gasteiger partial charge >= 0.3 is 5.97 Å². The van der Waals surface area contributed by atoms with Crippen molar-refractivity contribution >= 4 is 44.9 Å². The molecule has 1 aromatic rings. The summed E-state index contributed by atoms with van der Waals surface area (Å²) in [5.74, 6) is -0.852. The largest absolute Gasteiger partial charge is 0.466 e. The number of hydrogen-bond donors (Lipinski definition) is 2. The van der Waals surface area contributed by atoms with Crippen LogP contribution in [0.2, 0.25) is 0 Å². The van der Waals surface area contributed by atoms with Crippen LogP contribution >= 0.6 is 12.2 Å². The van der Waals surface area contributed by atoms with E-state index in [1.807, 2.05) is 0 Å². The van der Waals surface area contributed by atoms with Crippen LogP contribution < -0.4 is 10.6 Å². The molecule has 0 unspecified atom stereocenters. The fraction of sp³-hybridized carbons (Fsp3) is 0.471. The molecule has 1 heterocycles. The number of thiocarbonyl (C=S) groups is 1. The monoisotopic (exact) mass is 413 g/mol. The Morgan fingerprint density at radius 2 is 1.78 bits per heavy atom. The molecule has 8 nitrogen and oxygen atoms in total. The van der Waals surface area contributed by atoms with Crippen LogP contribution in [-0.4, -0.2) is 49.4 Å². The molecule has 10 heteroatoms. The number of ether oxygens (including phenoxy) is 1. The Morgan fingerprint density at radius 3 is 2.37 bits per heavy atom. The van der Waals surface area contributed by atoms with Gasteiger partial charge in [-0.05, 0) is 56.2 Å². The van der Waals surface area contributed by atoms with Crippen molar-refractivity contribution in [1.82, 2.24) is 9.62 Å². The molecule has 0 atom stereocenters. The molecule has 2 N–H and O–H groups in total. The number of hydrogen-bond acceptors (Lipinski definition) is 6. The fourth-order valence-corrected chi connectivity index (χ4v) is 4.34. The Kier molecular flexibility index (Phi) is 7.69. The van der Waals surface area contributed by atoms with Gasteiger partial charge < -0.3 is 15.4 Å². The molecule has 0 aromatic heterocycles. The molecule has 148 valence electrons. The molecule has 2 rings (SSSR count). The van der Waals surface area contributed by atoms with E-state index in [0.717, 1.165) is 12.8 Å². The maximum atomic E-state index is 12.5. The second-order valence-electron chi connectivity index (χ2n) is 5.94. The van der Waals surface area contributed by atoms with Gasteiger partial charge in [-0.2, -0.15) is 4.31 Å². The van der Waals surface area contributed by atoms with E-state index in [1.54, 1.807) is 19.1 Å². The van der Waals surface area contributed by atoms with Gasteiger partial charge in [-0.1, -0.05) is 0 Å². The second kappa shape index (κ2) is 9.77. The summed E-state index contributed by atoms with van der Waals surface area (Å²) in [6.45, 7) is 3.05. The normalized spacial score (nSPS) is 14.6. The van der Waals surface area contributed by atoms with Crippen molar-refractivity contribution in [2.75, 3.05) is 25.0 Å². The molecule has 0 aliphatic carbocycles. The molecule has 0 radical (unpaired) electrons. The summed E-state index contributed by atoms with van der Waals surface area (Å²) in [7, 11) is -3.46. The van der Waals surface area contributed by atoms with Crippen LogP contribution in [0.4, 0.5) is 5.69 Å². The van der Waals surface area contributed by atoms with Crippen LogP contribution in [0.3, 0.4) is 0 Å². The third kappa shape index (κ3) is 6.26. The minimum atomic E-state index is -3.46. The number of anilines is 1. The van der Waals surface area contributed by atoms with Gasteiger partial charge in [0.25, 0.3) is 0 Å². The minimum absolute atomic E-state index is 0.0225. The molecule has 1 amide bonds. The lowest BCUT2D eigenvalue weighted by Crippen LogP contribution is -2.34. The number of carbonyl (C=O) groups is 2. The first-order chi connectivity index (χ1) is 12.8. The maximum Gasteiger partial charge on any atom is 0.306 e. The average Bonchev–Trinajstić information content (AvgIpc) is 3.16. The first-order valence-electron chi connectivity index (χ1n) is 8.69. The van der Waals surface area contributed by atoms with Crippen molar-refractivity contribution in [3.8, 4) is 0 Å². The van der Waals surface area contributed by atoms with E-state index in [2.05, 4.69) is 10.6 Å². The van der Waals surface area contributed by atoms with E-state index >= 15 is 0 Å². The fourth-order valence-electron chi connectivity index (χ4n) is 2.59. The Morgan fingerprint density at radius 1 is 1.15 bits per heavy atom. The topological polar surface area (TPSA) is 105 Å². The third-order valence-corrected chi connectivity index (χ3v) is 6.05. The Balaban J connectivity index is 1.86. The van der Waals surface area contributed by atoms with Crippen molar-refractivity contribution in [1.29, 1.82) is 0 Å².